The highest BCUT2D eigenvalue weighted by Gasteiger charge is 2.56. The van der Waals surface area contributed by atoms with Crippen LogP contribution in [0.25, 0.3) is 0 Å². The lowest BCUT2D eigenvalue weighted by atomic mass is 9.95. The Kier molecular flexibility index (Phi) is 24.3. The molecule has 5 fully saturated rings. The first-order valence-corrected chi connectivity index (χ1v) is 25.2. The first-order valence-electron chi connectivity index (χ1n) is 25.2. The summed E-state index contributed by atoms with van der Waals surface area (Å²) in [4.78, 5) is 10.7. The van der Waals surface area contributed by atoms with Gasteiger partial charge < -0.3 is 119 Å². The average molecular weight is 1040 g/mol. The molecule has 0 aromatic heterocycles. The van der Waals surface area contributed by atoms with Crippen LogP contribution in [0, 0.1) is 0 Å². The zero-order valence-corrected chi connectivity index (χ0v) is 40.9. The average Bonchev–Trinajstić information content (AvgIpc) is 3.34. The van der Waals surface area contributed by atoms with Crippen LogP contribution in [0.1, 0.15) is 111 Å². The maximum Gasteiger partial charge on any atom is 0.303 e. The normalized spacial score (nSPS) is 44.9. The number of carbonyl (C=O) groups is 1. The minimum Gasteiger partial charge on any atom is -0.481 e. The minimum atomic E-state index is -1.97. The predicted molar refractivity (Wildman–Crippen MR) is 238 cm³/mol. The first-order chi connectivity index (χ1) is 33.7. The quantitative estimate of drug-likeness (QED) is 0.0378. The zero-order valence-electron chi connectivity index (χ0n) is 40.9. The minimum absolute atomic E-state index is 0.170. The summed E-state index contributed by atoms with van der Waals surface area (Å²) in [6, 6.07) is 0. The molecule has 5 saturated heterocycles. The molecule has 25 heteroatoms. The molecule has 0 aromatic rings. The van der Waals surface area contributed by atoms with Crippen molar-refractivity contribution in [2.24, 2.45) is 0 Å². The molecule has 416 valence electrons. The smallest absolute Gasteiger partial charge is 0.303 e. The van der Waals surface area contributed by atoms with Crippen LogP contribution < -0.4 is 0 Å². The Morgan fingerprint density at radius 3 is 1.41 bits per heavy atom. The van der Waals surface area contributed by atoms with Crippen molar-refractivity contribution in [1.82, 2.24) is 0 Å². The van der Waals surface area contributed by atoms with Crippen LogP contribution in [0.15, 0.2) is 0 Å². The third kappa shape index (κ3) is 15.6. The van der Waals surface area contributed by atoms with Crippen LogP contribution in [0.5, 0.6) is 0 Å². The molecule has 5 aliphatic heterocycles. The van der Waals surface area contributed by atoms with Crippen molar-refractivity contribution in [3.63, 3.8) is 0 Å². The van der Waals surface area contributed by atoms with Gasteiger partial charge >= 0.3 is 5.97 Å². The van der Waals surface area contributed by atoms with Crippen molar-refractivity contribution in [2.75, 3.05) is 13.2 Å². The molecule has 71 heavy (non-hydrogen) atoms. The number of rotatable bonds is 26. The van der Waals surface area contributed by atoms with Crippen molar-refractivity contribution in [3.05, 3.63) is 0 Å². The maximum absolute atomic E-state index is 11.9. The van der Waals surface area contributed by atoms with Gasteiger partial charge in [-0.25, -0.2) is 0 Å². The summed E-state index contributed by atoms with van der Waals surface area (Å²) >= 11 is 0. The van der Waals surface area contributed by atoms with Gasteiger partial charge in [-0.1, -0.05) is 64.7 Å². The topological polar surface area (TPSA) is 393 Å². The molecule has 5 aliphatic rings. The Balaban J connectivity index is 1.26. The van der Waals surface area contributed by atoms with Crippen molar-refractivity contribution in [1.29, 1.82) is 0 Å². The number of ether oxygens (including phenoxy) is 10. The van der Waals surface area contributed by atoms with E-state index in [9.17, 15) is 71.2 Å². The van der Waals surface area contributed by atoms with Gasteiger partial charge in [-0.15, -0.1) is 0 Å². The number of aliphatic hydroxyl groups is 13. The van der Waals surface area contributed by atoms with E-state index in [4.69, 9.17) is 52.5 Å². The molecule has 0 aromatic carbocycles. The molecule has 0 aliphatic carbocycles. The van der Waals surface area contributed by atoms with Crippen LogP contribution in [0.2, 0.25) is 0 Å². The van der Waals surface area contributed by atoms with Crippen LogP contribution in [-0.4, -0.2) is 250 Å². The molecule has 26 atom stereocenters. The summed E-state index contributed by atoms with van der Waals surface area (Å²) in [7, 11) is 0. The van der Waals surface area contributed by atoms with E-state index in [-0.39, 0.29) is 6.42 Å². The number of hydrogen-bond donors (Lipinski definition) is 14. The van der Waals surface area contributed by atoms with Crippen LogP contribution >= 0.6 is 0 Å². The Labute approximate surface area is 413 Å². The van der Waals surface area contributed by atoms with Crippen molar-refractivity contribution >= 4 is 5.97 Å². The summed E-state index contributed by atoms with van der Waals surface area (Å²) in [6.45, 7) is 4.79. The molecule has 0 spiro atoms. The Bertz CT molecular complexity index is 1540. The van der Waals surface area contributed by atoms with Gasteiger partial charge in [-0.3, -0.25) is 4.79 Å². The highest BCUT2D eigenvalue weighted by atomic mass is 16.8. The fourth-order valence-corrected chi connectivity index (χ4v) is 9.60. The van der Waals surface area contributed by atoms with Crippen molar-refractivity contribution in [3.8, 4) is 0 Å². The van der Waals surface area contributed by atoms with Crippen LogP contribution in [0.3, 0.4) is 0 Å². The standard InChI is InChI=1S/C46H82O25/c1-5-6-15-23(16-13-11-9-7-8-10-12-14-17-26(49)50)65-46-41(32(56)29(53)25(19-48)67-46)71-43-36(60)33(57)38(21(3)63-43)68-45-37(61)40(70-44-35(59)31(55)28(52)24(18-47)66-44)39(22(4)64-45)69-42-34(58)30(54)27(51)20(2)62-42/h20-25,27-48,51-61H,5-19H2,1-4H3,(H,49,50). The summed E-state index contributed by atoms with van der Waals surface area (Å²) in [5.74, 6) is -0.792. The van der Waals surface area contributed by atoms with E-state index >= 15 is 0 Å². The molecule has 0 saturated carbocycles. The molecule has 5 rings (SSSR count). The van der Waals surface area contributed by atoms with Gasteiger partial charge in [0.05, 0.1) is 37.6 Å². The van der Waals surface area contributed by atoms with Gasteiger partial charge in [0, 0.05) is 6.42 Å². The second kappa shape index (κ2) is 28.6. The number of hydrogen-bond acceptors (Lipinski definition) is 24. The molecule has 0 radical (unpaired) electrons. The number of unbranched alkanes of at least 4 members (excludes halogenated alkanes) is 8. The zero-order chi connectivity index (χ0) is 52.3. The van der Waals surface area contributed by atoms with E-state index in [1.54, 1.807) is 0 Å². The summed E-state index contributed by atoms with van der Waals surface area (Å²) in [6.07, 6.45) is -30.8. The lowest BCUT2D eigenvalue weighted by Crippen LogP contribution is -2.67. The molecular formula is C46H82O25. The van der Waals surface area contributed by atoms with Gasteiger partial charge in [0.2, 0.25) is 0 Å². The van der Waals surface area contributed by atoms with Gasteiger partial charge in [-0.2, -0.15) is 0 Å². The van der Waals surface area contributed by atoms with Crippen LogP contribution in [-0.2, 0) is 52.2 Å². The molecule has 0 amide bonds. The largest absolute Gasteiger partial charge is 0.481 e. The maximum atomic E-state index is 11.9. The molecule has 14 N–H and O–H groups in total. The first kappa shape index (κ1) is 60.4. The third-order valence-corrected chi connectivity index (χ3v) is 14.0. The van der Waals surface area contributed by atoms with Crippen molar-refractivity contribution in [2.45, 2.75) is 271 Å². The van der Waals surface area contributed by atoms with Crippen molar-refractivity contribution < 1.29 is 124 Å². The fourth-order valence-electron chi connectivity index (χ4n) is 9.60. The van der Waals surface area contributed by atoms with E-state index in [2.05, 4.69) is 0 Å². The summed E-state index contributed by atoms with van der Waals surface area (Å²) < 4.78 is 59.7. The number of carboxylic acid groups (broad SMARTS) is 1. The highest BCUT2D eigenvalue weighted by molar-refractivity contribution is 5.66. The van der Waals surface area contributed by atoms with Gasteiger partial charge in [0.25, 0.3) is 0 Å². The SMILES string of the molecule is CCCCC(CCCCCCCCCCC(=O)O)OC1OC(CO)C(O)C(O)C1OC1OC(C)C(OC2OC(C)C(OC3OC(C)C(O)C(O)C3O)C(OC3OC(CO)C(O)C(O)C3O)C2O)C(O)C1O. The van der Waals surface area contributed by atoms with E-state index in [1.165, 1.54) is 20.8 Å². The molecular weight excluding hydrogens is 952 g/mol. The fraction of sp³-hybridized carbons (Fsp3) is 0.978. The van der Waals surface area contributed by atoms with E-state index in [0.717, 1.165) is 57.8 Å². The highest BCUT2D eigenvalue weighted by Crippen LogP contribution is 2.37. The second-order valence-electron chi connectivity index (χ2n) is 19.5. The van der Waals surface area contributed by atoms with Gasteiger partial charge in [0.1, 0.15) is 104 Å². The van der Waals surface area contributed by atoms with E-state index in [0.29, 0.717) is 19.3 Å². The lowest BCUT2D eigenvalue weighted by Gasteiger charge is -2.50. The van der Waals surface area contributed by atoms with Crippen LogP contribution in [0.4, 0.5) is 0 Å². The Morgan fingerprint density at radius 1 is 0.423 bits per heavy atom. The number of carboxylic acids is 1. The third-order valence-electron chi connectivity index (χ3n) is 14.0. The lowest BCUT2D eigenvalue weighted by molar-refractivity contribution is -0.400. The second-order valence-corrected chi connectivity index (χ2v) is 19.5. The summed E-state index contributed by atoms with van der Waals surface area (Å²) in [5, 5.41) is 149. The number of aliphatic carboxylic acids is 1. The summed E-state index contributed by atoms with van der Waals surface area (Å²) in [5.41, 5.74) is 0. The molecule has 25 nitrogen and oxygen atoms in total. The predicted octanol–water partition coefficient (Wildman–Crippen LogP) is -3.27. The van der Waals surface area contributed by atoms with Gasteiger partial charge in [-0.05, 0) is 40.0 Å². The molecule has 5 heterocycles. The van der Waals surface area contributed by atoms with E-state index in [1.807, 2.05) is 6.92 Å². The van der Waals surface area contributed by atoms with Gasteiger partial charge in [0.15, 0.2) is 31.5 Å². The number of aliphatic hydroxyl groups excluding tert-OH is 13. The monoisotopic (exact) mass is 1030 g/mol. The Morgan fingerprint density at radius 2 is 0.831 bits per heavy atom. The molecule has 0 bridgehead atoms. The Hall–Kier alpha value is -1.45. The van der Waals surface area contributed by atoms with E-state index < -0.39 is 179 Å². The molecule has 26 unspecified atom stereocenters.